The van der Waals surface area contributed by atoms with Gasteiger partial charge in [0.15, 0.2) is 0 Å². The van der Waals surface area contributed by atoms with Crippen molar-refractivity contribution in [2.75, 3.05) is 19.6 Å². The van der Waals surface area contributed by atoms with Gasteiger partial charge in [-0.1, -0.05) is 13.3 Å². The van der Waals surface area contributed by atoms with Crippen LogP contribution in [0, 0.1) is 0 Å². The van der Waals surface area contributed by atoms with E-state index in [-0.39, 0.29) is 19.5 Å². The van der Waals surface area contributed by atoms with E-state index >= 15 is 0 Å². The zero-order chi connectivity index (χ0) is 17.0. The monoisotopic (exact) mass is 316 g/mol. The molecule has 0 aromatic heterocycles. The molecule has 1 rings (SSSR count). The van der Waals surface area contributed by atoms with Crippen molar-refractivity contribution in [2.24, 2.45) is 0 Å². The van der Waals surface area contributed by atoms with E-state index in [4.69, 9.17) is 9.84 Å². The Hall–Kier alpha value is -1.34. The summed E-state index contributed by atoms with van der Waals surface area (Å²) < 4.78 is 5.27. The van der Waals surface area contributed by atoms with E-state index in [0.29, 0.717) is 13.0 Å². The van der Waals surface area contributed by atoms with Crippen molar-refractivity contribution < 1.29 is 24.5 Å². The smallest absolute Gasteiger partial charge is 0.410 e. The molecule has 1 amide bonds. The first-order chi connectivity index (χ1) is 10.1. The number of amides is 1. The van der Waals surface area contributed by atoms with Crippen LogP contribution >= 0.6 is 0 Å². The van der Waals surface area contributed by atoms with Crippen LogP contribution in [0.5, 0.6) is 0 Å². The van der Waals surface area contributed by atoms with Crippen molar-refractivity contribution in [3.05, 3.63) is 0 Å². The van der Waals surface area contributed by atoms with Gasteiger partial charge < -0.3 is 25.2 Å². The fourth-order valence-corrected chi connectivity index (χ4v) is 2.49. The van der Waals surface area contributed by atoms with E-state index in [1.165, 1.54) is 4.90 Å². The molecule has 1 unspecified atom stereocenters. The maximum atomic E-state index is 11.9. The molecule has 0 radical (unpaired) electrons. The van der Waals surface area contributed by atoms with Gasteiger partial charge in [-0.2, -0.15) is 0 Å². The number of carbonyl (C=O) groups excluding carboxylic acids is 1. The van der Waals surface area contributed by atoms with Crippen molar-refractivity contribution in [1.29, 1.82) is 0 Å². The van der Waals surface area contributed by atoms with Gasteiger partial charge in [-0.15, -0.1) is 0 Å². The van der Waals surface area contributed by atoms with Gasteiger partial charge in [-0.25, -0.2) is 4.79 Å². The Morgan fingerprint density at radius 3 is 2.41 bits per heavy atom. The first-order valence-corrected chi connectivity index (χ1v) is 7.70. The lowest BCUT2D eigenvalue weighted by Gasteiger charge is -2.50. The van der Waals surface area contributed by atoms with Gasteiger partial charge in [0.25, 0.3) is 0 Å². The Kier molecular flexibility index (Phi) is 6.19. The predicted molar refractivity (Wildman–Crippen MR) is 81.7 cm³/mol. The van der Waals surface area contributed by atoms with E-state index in [9.17, 15) is 14.7 Å². The van der Waals surface area contributed by atoms with Gasteiger partial charge in [0, 0.05) is 19.6 Å². The highest BCUT2D eigenvalue weighted by molar-refractivity contribution is 5.73. The summed E-state index contributed by atoms with van der Waals surface area (Å²) in [7, 11) is 0. The highest BCUT2D eigenvalue weighted by Gasteiger charge is 2.47. The molecule has 0 aliphatic carbocycles. The number of nitrogens with one attached hydrogen (secondary N) is 1. The number of carbonyl (C=O) groups is 2. The molecule has 3 N–H and O–H groups in total. The van der Waals surface area contributed by atoms with Gasteiger partial charge in [0.2, 0.25) is 0 Å². The zero-order valence-electron chi connectivity index (χ0n) is 13.9. The van der Waals surface area contributed by atoms with Crippen LogP contribution in [0.2, 0.25) is 0 Å². The molecule has 0 aromatic rings. The number of rotatable bonds is 7. The van der Waals surface area contributed by atoms with Crippen molar-refractivity contribution in [3.8, 4) is 0 Å². The Morgan fingerprint density at radius 2 is 1.95 bits per heavy atom. The predicted octanol–water partition coefficient (Wildman–Crippen LogP) is 1.20. The topological polar surface area (TPSA) is 99.1 Å². The Bertz CT molecular complexity index is 399. The molecule has 22 heavy (non-hydrogen) atoms. The molecule has 0 aromatic carbocycles. The summed E-state index contributed by atoms with van der Waals surface area (Å²) in [5.74, 6) is -0.929. The summed E-state index contributed by atoms with van der Waals surface area (Å²) in [6, 6.07) is 0. The Morgan fingerprint density at radius 1 is 1.36 bits per heavy atom. The number of hydrogen-bond acceptors (Lipinski definition) is 5. The van der Waals surface area contributed by atoms with Gasteiger partial charge in [0.1, 0.15) is 5.60 Å². The number of carboxylic acid groups (broad SMARTS) is 1. The SMILES string of the molecule is CCCC(O)CNC1(CC(=O)O)CN(C(=O)OC(C)(C)C)C1. The molecule has 128 valence electrons. The molecule has 1 atom stereocenters. The average molecular weight is 316 g/mol. The molecular formula is C15H28N2O5. The van der Waals surface area contributed by atoms with Crippen LogP contribution < -0.4 is 5.32 Å². The third kappa shape index (κ3) is 5.81. The average Bonchev–Trinajstić information content (AvgIpc) is 2.29. The fraction of sp³-hybridized carbons (Fsp3) is 0.867. The first-order valence-electron chi connectivity index (χ1n) is 7.70. The number of nitrogens with zero attached hydrogens (tertiary/aromatic N) is 1. The summed E-state index contributed by atoms with van der Waals surface area (Å²) in [6.45, 7) is 8.20. The van der Waals surface area contributed by atoms with E-state index in [2.05, 4.69) is 5.32 Å². The summed E-state index contributed by atoms with van der Waals surface area (Å²) in [6.07, 6.45) is 0.478. The van der Waals surface area contributed by atoms with Gasteiger partial charge in [-0.05, 0) is 27.2 Å². The molecule has 1 heterocycles. The van der Waals surface area contributed by atoms with E-state index in [1.54, 1.807) is 20.8 Å². The standard InChI is InChI=1S/C15H28N2O5/c1-5-6-11(18)8-16-15(7-12(19)20)9-17(10-15)13(21)22-14(2,3)4/h11,16,18H,5-10H2,1-4H3,(H,19,20). The van der Waals surface area contributed by atoms with Crippen molar-refractivity contribution in [3.63, 3.8) is 0 Å². The second-order valence-electron chi connectivity index (χ2n) is 7.01. The Balaban J connectivity index is 2.55. The lowest BCUT2D eigenvalue weighted by molar-refractivity contribution is -0.141. The minimum Gasteiger partial charge on any atom is -0.481 e. The van der Waals surface area contributed by atoms with E-state index in [0.717, 1.165) is 6.42 Å². The van der Waals surface area contributed by atoms with Crippen LogP contribution in [-0.4, -0.2) is 64.1 Å². The molecule has 1 fully saturated rings. The summed E-state index contributed by atoms with van der Waals surface area (Å²) in [5, 5.41) is 22.0. The number of likely N-dealkylation sites (tertiary alicyclic amines) is 1. The molecule has 0 bridgehead atoms. The van der Waals surface area contributed by atoms with Crippen molar-refractivity contribution in [1.82, 2.24) is 10.2 Å². The van der Waals surface area contributed by atoms with E-state index < -0.39 is 29.3 Å². The third-order valence-corrected chi connectivity index (χ3v) is 3.46. The molecule has 1 saturated heterocycles. The minimum atomic E-state index is -0.929. The van der Waals surface area contributed by atoms with E-state index in [1.807, 2.05) is 6.92 Å². The number of ether oxygens (including phenoxy) is 1. The highest BCUT2D eigenvalue weighted by atomic mass is 16.6. The van der Waals surface area contributed by atoms with Crippen LogP contribution in [0.25, 0.3) is 0 Å². The quantitative estimate of drug-likeness (QED) is 0.653. The molecule has 0 spiro atoms. The number of carboxylic acids is 1. The van der Waals surface area contributed by atoms with Crippen LogP contribution in [-0.2, 0) is 9.53 Å². The van der Waals surface area contributed by atoms with Crippen LogP contribution in [0.4, 0.5) is 4.79 Å². The number of aliphatic carboxylic acids is 1. The Labute approximate surface area is 131 Å². The summed E-state index contributed by atoms with van der Waals surface area (Å²) in [4.78, 5) is 24.5. The fourth-order valence-electron chi connectivity index (χ4n) is 2.49. The third-order valence-electron chi connectivity index (χ3n) is 3.46. The second kappa shape index (κ2) is 7.28. The normalized spacial score (nSPS) is 18.5. The number of aliphatic hydroxyl groups excluding tert-OH is 1. The molecule has 0 saturated carbocycles. The largest absolute Gasteiger partial charge is 0.481 e. The summed E-state index contributed by atoms with van der Waals surface area (Å²) >= 11 is 0. The highest BCUT2D eigenvalue weighted by Crippen LogP contribution is 2.27. The molecule has 7 nitrogen and oxygen atoms in total. The maximum Gasteiger partial charge on any atom is 0.410 e. The number of β-amino-alcohol motifs (C(OH)–C–C–N with tert-alkyl or cyclic N) is 1. The van der Waals surface area contributed by atoms with Crippen LogP contribution in [0.15, 0.2) is 0 Å². The van der Waals surface area contributed by atoms with Gasteiger partial charge in [0.05, 0.1) is 18.1 Å². The molecule has 1 aliphatic heterocycles. The maximum absolute atomic E-state index is 11.9. The lowest BCUT2D eigenvalue weighted by Crippen LogP contribution is -2.71. The van der Waals surface area contributed by atoms with Gasteiger partial charge >= 0.3 is 12.1 Å². The van der Waals surface area contributed by atoms with Crippen LogP contribution in [0.3, 0.4) is 0 Å². The molecule has 1 aliphatic rings. The van der Waals surface area contributed by atoms with Gasteiger partial charge in [-0.3, -0.25) is 4.79 Å². The van der Waals surface area contributed by atoms with Crippen molar-refractivity contribution >= 4 is 12.1 Å². The second-order valence-corrected chi connectivity index (χ2v) is 7.01. The zero-order valence-corrected chi connectivity index (χ0v) is 13.9. The molecule has 7 heteroatoms. The van der Waals surface area contributed by atoms with Crippen molar-refractivity contribution in [2.45, 2.75) is 64.2 Å². The number of aliphatic hydroxyl groups is 1. The number of hydrogen-bond donors (Lipinski definition) is 3. The van der Waals surface area contributed by atoms with Crippen LogP contribution in [0.1, 0.15) is 47.0 Å². The first kappa shape index (κ1) is 18.7. The summed E-state index contributed by atoms with van der Waals surface area (Å²) in [5.41, 5.74) is -1.26. The lowest BCUT2D eigenvalue weighted by atomic mass is 9.86. The molecular weight excluding hydrogens is 288 g/mol. The minimum absolute atomic E-state index is 0.0921.